The van der Waals surface area contributed by atoms with E-state index in [0.717, 1.165) is 10.4 Å². The van der Waals surface area contributed by atoms with Crippen molar-refractivity contribution in [2.45, 2.75) is 13.8 Å². The molecule has 2 aromatic rings. The van der Waals surface area contributed by atoms with Crippen molar-refractivity contribution in [3.63, 3.8) is 0 Å². The summed E-state index contributed by atoms with van der Waals surface area (Å²) < 4.78 is 5.16. The smallest absolute Gasteiger partial charge is 0.325 e. The van der Waals surface area contributed by atoms with E-state index in [1.54, 1.807) is 25.4 Å². The average Bonchev–Trinajstić information content (AvgIpc) is 2.78. The summed E-state index contributed by atoms with van der Waals surface area (Å²) in [4.78, 5) is 16.9. The first-order valence-corrected chi connectivity index (χ1v) is 7.03. The van der Waals surface area contributed by atoms with E-state index < -0.39 is 0 Å². The Kier molecular flexibility index (Phi) is 4.46. The molecule has 0 atom stereocenters. The number of carbonyl (C=O) groups excluding carboxylic acids is 1. The third-order valence-corrected chi connectivity index (χ3v) is 3.72. The molecule has 0 aliphatic rings. The predicted molar refractivity (Wildman–Crippen MR) is 82.2 cm³/mol. The first kappa shape index (κ1) is 14.6. The second-order valence-electron chi connectivity index (χ2n) is 4.16. The van der Waals surface area contributed by atoms with Crippen LogP contribution < -0.4 is 15.4 Å². The first-order valence-electron chi connectivity index (χ1n) is 5.84. The molecule has 0 saturated heterocycles. The lowest BCUT2D eigenvalue weighted by Gasteiger charge is -2.11. The van der Waals surface area contributed by atoms with Gasteiger partial charge in [0.25, 0.3) is 0 Å². The van der Waals surface area contributed by atoms with Crippen LogP contribution in [0, 0.1) is 13.8 Å². The summed E-state index contributed by atoms with van der Waals surface area (Å²) in [5, 5.41) is 6.30. The molecule has 0 radical (unpaired) electrons. The normalized spacial score (nSPS) is 10.2. The van der Waals surface area contributed by atoms with Crippen molar-refractivity contribution in [1.82, 2.24) is 4.98 Å². The summed E-state index contributed by atoms with van der Waals surface area (Å²) in [6.07, 6.45) is 1.70. The largest absolute Gasteiger partial charge is 0.496 e. The van der Waals surface area contributed by atoms with Gasteiger partial charge in [0, 0.05) is 17.1 Å². The highest BCUT2D eigenvalue weighted by Crippen LogP contribution is 2.30. The fraction of sp³-hybridized carbons (Fsp3) is 0.231. The molecule has 2 rings (SSSR count). The van der Waals surface area contributed by atoms with Crippen LogP contribution in [0.4, 0.5) is 15.6 Å². The first-order chi connectivity index (χ1) is 9.49. The van der Waals surface area contributed by atoms with Crippen molar-refractivity contribution < 1.29 is 9.53 Å². The molecular formula is C13H14ClN3O2S. The zero-order chi connectivity index (χ0) is 14.7. The lowest BCUT2D eigenvalue weighted by molar-refractivity contribution is 0.262. The molecule has 0 fully saturated rings. The molecule has 0 aliphatic heterocycles. The standard InChI is InChI=1S/C13H14ClN3O2S/c1-7-4-10(9(14)5-11(7)19-3)16-12(18)17-13-15-6-8(2)20-13/h4-6H,1-3H3,(H2,15,16,17,18). The number of hydrogen-bond acceptors (Lipinski definition) is 4. The lowest BCUT2D eigenvalue weighted by Crippen LogP contribution is -2.19. The van der Waals surface area contributed by atoms with Gasteiger partial charge in [0.15, 0.2) is 5.13 Å². The Bertz CT molecular complexity index is 643. The van der Waals surface area contributed by atoms with Crippen LogP contribution in [-0.4, -0.2) is 18.1 Å². The topological polar surface area (TPSA) is 63.2 Å². The van der Waals surface area contributed by atoms with Crippen LogP contribution >= 0.6 is 22.9 Å². The van der Waals surface area contributed by atoms with E-state index in [0.29, 0.717) is 21.6 Å². The second kappa shape index (κ2) is 6.11. The Morgan fingerprint density at radius 3 is 2.70 bits per heavy atom. The Morgan fingerprint density at radius 2 is 2.10 bits per heavy atom. The van der Waals surface area contributed by atoms with E-state index in [4.69, 9.17) is 16.3 Å². The summed E-state index contributed by atoms with van der Waals surface area (Å²) in [5.74, 6) is 0.677. The van der Waals surface area contributed by atoms with Crippen molar-refractivity contribution in [3.05, 3.63) is 33.8 Å². The summed E-state index contributed by atoms with van der Waals surface area (Å²) in [6, 6.07) is 3.04. The molecule has 0 unspecified atom stereocenters. The highest BCUT2D eigenvalue weighted by molar-refractivity contribution is 7.15. The van der Waals surface area contributed by atoms with Gasteiger partial charge in [0.2, 0.25) is 0 Å². The number of carbonyl (C=O) groups is 1. The number of ether oxygens (including phenoxy) is 1. The molecule has 1 aromatic heterocycles. The highest BCUT2D eigenvalue weighted by atomic mass is 35.5. The monoisotopic (exact) mass is 311 g/mol. The van der Waals surface area contributed by atoms with Gasteiger partial charge in [-0.15, -0.1) is 11.3 Å². The van der Waals surface area contributed by atoms with Crippen LogP contribution in [0.2, 0.25) is 5.02 Å². The fourth-order valence-electron chi connectivity index (χ4n) is 1.64. The molecule has 7 heteroatoms. The summed E-state index contributed by atoms with van der Waals surface area (Å²) in [7, 11) is 1.57. The lowest BCUT2D eigenvalue weighted by atomic mass is 10.2. The van der Waals surface area contributed by atoms with Crippen molar-refractivity contribution in [2.24, 2.45) is 0 Å². The van der Waals surface area contributed by atoms with Crippen molar-refractivity contribution in [1.29, 1.82) is 0 Å². The summed E-state index contributed by atoms with van der Waals surface area (Å²) in [5.41, 5.74) is 1.41. The molecule has 20 heavy (non-hydrogen) atoms. The number of halogens is 1. The van der Waals surface area contributed by atoms with Gasteiger partial charge in [-0.2, -0.15) is 0 Å². The van der Waals surface area contributed by atoms with Gasteiger partial charge in [-0.25, -0.2) is 9.78 Å². The van der Waals surface area contributed by atoms with E-state index in [9.17, 15) is 4.79 Å². The van der Waals surface area contributed by atoms with Gasteiger partial charge >= 0.3 is 6.03 Å². The molecule has 0 spiro atoms. The SMILES string of the molecule is COc1cc(Cl)c(NC(=O)Nc2ncc(C)s2)cc1C. The highest BCUT2D eigenvalue weighted by Gasteiger charge is 2.10. The Hall–Kier alpha value is -1.79. The van der Waals surface area contributed by atoms with Gasteiger partial charge in [-0.05, 0) is 25.5 Å². The maximum absolute atomic E-state index is 11.9. The van der Waals surface area contributed by atoms with Gasteiger partial charge in [-0.3, -0.25) is 5.32 Å². The minimum atomic E-state index is -0.384. The number of thiazole rings is 1. The number of nitrogens with one attached hydrogen (secondary N) is 2. The molecule has 1 heterocycles. The molecule has 106 valence electrons. The minimum absolute atomic E-state index is 0.384. The van der Waals surface area contributed by atoms with Crippen LogP contribution in [0.1, 0.15) is 10.4 Å². The Morgan fingerprint density at radius 1 is 1.35 bits per heavy atom. The van der Waals surface area contributed by atoms with E-state index in [2.05, 4.69) is 15.6 Å². The maximum atomic E-state index is 11.9. The summed E-state index contributed by atoms with van der Waals surface area (Å²) >= 11 is 7.50. The average molecular weight is 312 g/mol. The number of aryl methyl sites for hydroxylation is 2. The van der Waals surface area contributed by atoms with Gasteiger partial charge in [0.05, 0.1) is 17.8 Å². The number of nitrogens with zero attached hydrogens (tertiary/aromatic N) is 1. The number of hydrogen-bond donors (Lipinski definition) is 2. The van der Waals surface area contributed by atoms with Gasteiger partial charge < -0.3 is 10.1 Å². The van der Waals surface area contributed by atoms with Crippen LogP contribution in [-0.2, 0) is 0 Å². The number of aromatic nitrogens is 1. The predicted octanol–water partition coefficient (Wildman–Crippen LogP) is 4.07. The number of amides is 2. The molecule has 2 amide bonds. The molecule has 1 aromatic carbocycles. The Labute approximate surface area is 125 Å². The third-order valence-electron chi connectivity index (χ3n) is 2.57. The fourth-order valence-corrected chi connectivity index (χ4v) is 2.50. The quantitative estimate of drug-likeness (QED) is 0.898. The molecule has 2 N–H and O–H groups in total. The zero-order valence-corrected chi connectivity index (χ0v) is 12.9. The maximum Gasteiger partial charge on any atom is 0.325 e. The number of urea groups is 1. The van der Waals surface area contributed by atoms with Crippen molar-refractivity contribution >= 4 is 39.8 Å². The van der Waals surface area contributed by atoms with Crippen molar-refractivity contribution in [3.8, 4) is 5.75 Å². The van der Waals surface area contributed by atoms with E-state index in [-0.39, 0.29) is 6.03 Å². The number of methoxy groups -OCH3 is 1. The molecule has 0 bridgehead atoms. The number of benzene rings is 1. The van der Waals surface area contributed by atoms with Gasteiger partial charge in [-0.1, -0.05) is 11.6 Å². The van der Waals surface area contributed by atoms with E-state index in [1.807, 2.05) is 13.8 Å². The molecule has 5 nitrogen and oxygen atoms in total. The zero-order valence-electron chi connectivity index (χ0n) is 11.3. The second-order valence-corrected chi connectivity index (χ2v) is 5.80. The van der Waals surface area contributed by atoms with E-state index >= 15 is 0 Å². The Balaban J connectivity index is 2.09. The number of anilines is 2. The van der Waals surface area contributed by atoms with Gasteiger partial charge in [0.1, 0.15) is 5.75 Å². The molecular weight excluding hydrogens is 298 g/mol. The van der Waals surface area contributed by atoms with Crippen LogP contribution in [0.15, 0.2) is 18.3 Å². The van der Waals surface area contributed by atoms with Crippen LogP contribution in [0.25, 0.3) is 0 Å². The minimum Gasteiger partial charge on any atom is -0.496 e. The molecule has 0 saturated carbocycles. The third kappa shape index (κ3) is 3.40. The summed E-state index contributed by atoms with van der Waals surface area (Å²) in [6.45, 7) is 3.80. The van der Waals surface area contributed by atoms with Crippen LogP contribution in [0.3, 0.4) is 0 Å². The molecule has 0 aliphatic carbocycles. The van der Waals surface area contributed by atoms with E-state index in [1.165, 1.54) is 11.3 Å². The number of rotatable bonds is 3. The van der Waals surface area contributed by atoms with Crippen molar-refractivity contribution in [2.75, 3.05) is 17.7 Å². The van der Waals surface area contributed by atoms with Crippen LogP contribution in [0.5, 0.6) is 5.75 Å².